The minimum Gasteiger partial charge on any atom is -0.478 e. The van der Waals surface area contributed by atoms with Crippen LogP contribution in [0.25, 0.3) is 6.08 Å². The molecule has 0 saturated carbocycles. The van der Waals surface area contributed by atoms with E-state index in [-0.39, 0.29) is 5.91 Å². The first-order valence-corrected chi connectivity index (χ1v) is 7.32. The van der Waals surface area contributed by atoms with E-state index in [1.807, 2.05) is 16.8 Å². The molecule has 0 atom stereocenters. The van der Waals surface area contributed by atoms with Gasteiger partial charge in [0.05, 0.1) is 0 Å². The summed E-state index contributed by atoms with van der Waals surface area (Å²) in [6.07, 6.45) is 2.56. The Labute approximate surface area is 126 Å². The quantitative estimate of drug-likeness (QED) is 0.834. The van der Waals surface area contributed by atoms with E-state index in [0.29, 0.717) is 12.1 Å². The molecular weight excluding hydrogens is 286 g/mol. The Balaban J connectivity index is 2.13. The number of thiophene rings is 1. The van der Waals surface area contributed by atoms with Gasteiger partial charge in [0.1, 0.15) is 0 Å². The molecule has 1 aromatic carbocycles. The highest BCUT2D eigenvalue weighted by Gasteiger charge is 2.10. The van der Waals surface area contributed by atoms with E-state index in [0.717, 1.165) is 22.8 Å². The van der Waals surface area contributed by atoms with Gasteiger partial charge in [0.25, 0.3) is 5.91 Å². The van der Waals surface area contributed by atoms with Gasteiger partial charge in [-0.05, 0) is 52.6 Å². The van der Waals surface area contributed by atoms with Crippen LogP contribution < -0.4 is 5.32 Å². The Kier molecular flexibility index (Phi) is 4.90. The summed E-state index contributed by atoms with van der Waals surface area (Å²) < 4.78 is 0. The zero-order chi connectivity index (χ0) is 15.2. The van der Waals surface area contributed by atoms with Crippen molar-refractivity contribution in [2.24, 2.45) is 0 Å². The molecule has 2 N–H and O–H groups in total. The largest absolute Gasteiger partial charge is 0.478 e. The van der Waals surface area contributed by atoms with E-state index < -0.39 is 5.97 Å². The molecule has 0 unspecified atom stereocenters. The molecule has 2 aromatic rings. The predicted molar refractivity (Wildman–Crippen MR) is 83.3 cm³/mol. The summed E-state index contributed by atoms with van der Waals surface area (Å²) in [5.41, 5.74) is 3.10. The van der Waals surface area contributed by atoms with Gasteiger partial charge in [0.15, 0.2) is 0 Å². The molecule has 0 spiro atoms. The Morgan fingerprint density at radius 3 is 2.81 bits per heavy atom. The Morgan fingerprint density at radius 2 is 2.14 bits per heavy atom. The number of benzene rings is 1. The highest BCUT2D eigenvalue weighted by Crippen LogP contribution is 2.16. The lowest BCUT2D eigenvalue weighted by atomic mass is 10.0. The maximum absolute atomic E-state index is 12.2. The lowest BCUT2D eigenvalue weighted by molar-refractivity contribution is -0.131. The molecular formula is C16H15NO3S. The van der Waals surface area contributed by atoms with Crippen LogP contribution in [-0.4, -0.2) is 17.0 Å². The smallest absolute Gasteiger partial charge is 0.328 e. The monoisotopic (exact) mass is 301 g/mol. The molecule has 0 aliphatic carbocycles. The maximum Gasteiger partial charge on any atom is 0.328 e. The number of hydrogen-bond acceptors (Lipinski definition) is 3. The molecule has 1 heterocycles. The highest BCUT2D eigenvalue weighted by atomic mass is 32.1. The summed E-state index contributed by atoms with van der Waals surface area (Å²) in [6.45, 7) is 2.29. The van der Waals surface area contributed by atoms with Crippen molar-refractivity contribution in [2.75, 3.05) is 0 Å². The van der Waals surface area contributed by atoms with Crippen LogP contribution in [0.1, 0.15) is 27.0 Å². The van der Waals surface area contributed by atoms with Crippen molar-refractivity contribution in [3.8, 4) is 0 Å². The van der Waals surface area contributed by atoms with Crippen LogP contribution in [0.15, 0.2) is 41.1 Å². The molecule has 5 heteroatoms. The number of carbonyl (C=O) groups excluding carboxylic acids is 1. The van der Waals surface area contributed by atoms with Crippen LogP contribution >= 0.6 is 11.3 Å². The van der Waals surface area contributed by atoms with Gasteiger partial charge in [0, 0.05) is 18.2 Å². The van der Waals surface area contributed by atoms with Gasteiger partial charge >= 0.3 is 5.97 Å². The van der Waals surface area contributed by atoms with E-state index in [4.69, 9.17) is 5.11 Å². The maximum atomic E-state index is 12.2. The second kappa shape index (κ2) is 6.85. The fourth-order valence-electron chi connectivity index (χ4n) is 1.91. The molecule has 0 aliphatic rings. The third kappa shape index (κ3) is 4.03. The molecule has 4 nitrogen and oxygen atoms in total. The van der Waals surface area contributed by atoms with Gasteiger partial charge in [-0.1, -0.05) is 12.1 Å². The summed E-state index contributed by atoms with van der Waals surface area (Å²) in [4.78, 5) is 22.8. The van der Waals surface area contributed by atoms with Crippen molar-refractivity contribution in [1.29, 1.82) is 0 Å². The lowest BCUT2D eigenvalue weighted by Gasteiger charge is -2.09. The highest BCUT2D eigenvalue weighted by molar-refractivity contribution is 7.07. The average Bonchev–Trinajstić information content (AvgIpc) is 2.97. The Bertz CT molecular complexity index is 675. The normalized spacial score (nSPS) is 10.7. The minimum atomic E-state index is -1.01. The van der Waals surface area contributed by atoms with Crippen LogP contribution in [0.3, 0.4) is 0 Å². The topological polar surface area (TPSA) is 66.4 Å². The number of carboxylic acids is 1. The molecule has 21 heavy (non-hydrogen) atoms. The molecule has 0 fully saturated rings. The molecule has 108 valence electrons. The molecule has 0 radical (unpaired) electrons. The molecule has 1 amide bonds. The van der Waals surface area contributed by atoms with Crippen molar-refractivity contribution in [3.63, 3.8) is 0 Å². The first-order chi connectivity index (χ1) is 10.1. The number of carboxylic acid groups (broad SMARTS) is 1. The molecule has 0 bridgehead atoms. The van der Waals surface area contributed by atoms with Gasteiger partial charge in [-0.3, -0.25) is 4.79 Å². The van der Waals surface area contributed by atoms with Gasteiger partial charge in [-0.15, -0.1) is 0 Å². The zero-order valence-corrected chi connectivity index (χ0v) is 12.3. The third-order valence-corrected chi connectivity index (χ3v) is 3.79. The van der Waals surface area contributed by atoms with E-state index in [9.17, 15) is 9.59 Å². The fraction of sp³-hybridized carbons (Fsp3) is 0.125. The summed E-state index contributed by atoms with van der Waals surface area (Å²) in [6, 6.07) is 7.22. The van der Waals surface area contributed by atoms with E-state index in [1.165, 1.54) is 6.08 Å². The summed E-state index contributed by atoms with van der Waals surface area (Å²) in [7, 11) is 0. The van der Waals surface area contributed by atoms with Gasteiger partial charge in [-0.25, -0.2) is 4.79 Å². The van der Waals surface area contributed by atoms with Crippen LogP contribution in [0, 0.1) is 6.92 Å². The van der Waals surface area contributed by atoms with Gasteiger partial charge < -0.3 is 10.4 Å². The van der Waals surface area contributed by atoms with E-state index >= 15 is 0 Å². The third-order valence-electron chi connectivity index (χ3n) is 3.06. The summed E-state index contributed by atoms with van der Waals surface area (Å²) >= 11 is 1.59. The van der Waals surface area contributed by atoms with Crippen molar-refractivity contribution >= 4 is 29.3 Å². The van der Waals surface area contributed by atoms with Crippen LogP contribution in [0.2, 0.25) is 0 Å². The van der Waals surface area contributed by atoms with Crippen molar-refractivity contribution in [2.45, 2.75) is 13.5 Å². The van der Waals surface area contributed by atoms with E-state index in [1.54, 1.807) is 36.5 Å². The van der Waals surface area contributed by atoms with Crippen LogP contribution in [0.4, 0.5) is 0 Å². The van der Waals surface area contributed by atoms with Crippen molar-refractivity contribution in [1.82, 2.24) is 5.32 Å². The second-order valence-corrected chi connectivity index (χ2v) is 5.29. The van der Waals surface area contributed by atoms with Gasteiger partial charge in [-0.2, -0.15) is 11.3 Å². The van der Waals surface area contributed by atoms with Crippen LogP contribution in [-0.2, 0) is 11.3 Å². The minimum absolute atomic E-state index is 0.163. The van der Waals surface area contributed by atoms with Gasteiger partial charge in [0.2, 0.25) is 0 Å². The van der Waals surface area contributed by atoms with Crippen molar-refractivity contribution < 1.29 is 14.7 Å². The molecule has 1 aromatic heterocycles. The summed E-state index contributed by atoms with van der Waals surface area (Å²) in [5.74, 6) is -1.18. The number of amides is 1. The number of hydrogen-bond donors (Lipinski definition) is 2. The average molecular weight is 301 g/mol. The van der Waals surface area contributed by atoms with E-state index in [2.05, 4.69) is 5.32 Å². The number of carbonyl (C=O) groups is 2. The second-order valence-electron chi connectivity index (χ2n) is 4.51. The first kappa shape index (κ1) is 15.0. The van der Waals surface area contributed by atoms with Crippen molar-refractivity contribution in [3.05, 3.63) is 63.4 Å². The molecule has 0 aliphatic heterocycles. The zero-order valence-electron chi connectivity index (χ0n) is 11.5. The molecule has 0 saturated heterocycles. The number of rotatable bonds is 5. The predicted octanol–water partition coefficient (Wildman–Crippen LogP) is 3.08. The number of aliphatic carboxylic acids is 1. The molecule has 2 rings (SSSR count). The lowest BCUT2D eigenvalue weighted by Crippen LogP contribution is -2.23. The SMILES string of the molecule is Cc1c(C=CC(=O)O)cccc1C(=O)NCc1ccsc1. The Hall–Kier alpha value is -2.40. The first-order valence-electron chi connectivity index (χ1n) is 6.38. The fourth-order valence-corrected chi connectivity index (χ4v) is 2.58. The summed E-state index contributed by atoms with van der Waals surface area (Å²) in [5, 5.41) is 15.5. The Morgan fingerprint density at radius 1 is 1.33 bits per heavy atom. The standard InChI is InChI=1S/C16H15NO3S/c1-11-13(5-6-15(18)19)3-2-4-14(11)16(20)17-9-12-7-8-21-10-12/h2-8,10H,9H2,1H3,(H,17,20)(H,18,19). The number of nitrogens with one attached hydrogen (secondary N) is 1. The van der Waals surface area contributed by atoms with Crippen LogP contribution in [0.5, 0.6) is 0 Å².